The van der Waals surface area contributed by atoms with Gasteiger partial charge in [0.2, 0.25) is 0 Å². The topological polar surface area (TPSA) is 9.23 Å². The fraction of sp³-hybridized carbons (Fsp3) is 0.500. The van der Waals surface area contributed by atoms with E-state index in [4.69, 9.17) is 4.43 Å². The smallest absolute Gasteiger partial charge is 0.192 e. The molecule has 1 rings (SSSR count). The molecule has 2 heteroatoms. The summed E-state index contributed by atoms with van der Waals surface area (Å²) < 4.78 is 6.37. The fourth-order valence-electron chi connectivity index (χ4n) is 1.59. The Hall–Kier alpha value is -0.863. The molecule has 1 aromatic carbocycles. The van der Waals surface area contributed by atoms with Crippen molar-refractivity contribution in [1.29, 1.82) is 0 Å². The summed E-state index contributed by atoms with van der Waals surface area (Å²) in [5, 5.41) is 0.252. The lowest BCUT2D eigenvalue weighted by molar-refractivity contribution is 0.203. The molecule has 0 saturated heterocycles. The Bertz CT molecular complexity index is 398. The Kier molecular flexibility index (Phi) is 4.57. The third-order valence-electron chi connectivity index (χ3n) is 3.92. The second kappa shape index (κ2) is 5.41. The third-order valence-corrected chi connectivity index (χ3v) is 8.47. The van der Waals surface area contributed by atoms with Gasteiger partial charge in [0.05, 0.1) is 6.10 Å². The summed E-state index contributed by atoms with van der Waals surface area (Å²) >= 11 is 0. The summed E-state index contributed by atoms with van der Waals surface area (Å²) in [4.78, 5) is 0. The van der Waals surface area contributed by atoms with E-state index in [1.54, 1.807) is 0 Å². The molecule has 0 heterocycles. The number of hydrogen-bond donors (Lipinski definition) is 0. The average Bonchev–Trinajstić information content (AvgIpc) is 2.27. The molecule has 0 aromatic heterocycles. The minimum atomic E-state index is -1.69. The van der Waals surface area contributed by atoms with Crippen LogP contribution < -0.4 is 0 Å². The molecule has 0 fully saturated rings. The molecule has 1 unspecified atom stereocenters. The molecule has 0 amide bonds. The van der Waals surface area contributed by atoms with Crippen LogP contribution in [0.25, 0.3) is 6.08 Å². The lowest BCUT2D eigenvalue weighted by Crippen LogP contribution is -2.41. The predicted octanol–water partition coefficient (Wildman–Crippen LogP) is 5.41. The number of benzene rings is 1. The van der Waals surface area contributed by atoms with Crippen LogP contribution >= 0.6 is 0 Å². The van der Waals surface area contributed by atoms with E-state index < -0.39 is 8.32 Å². The highest BCUT2D eigenvalue weighted by atomic mass is 28.4. The summed E-state index contributed by atoms with van der Waals surface area (Å²) in [5.41, 5.74) is 2.39. The molecule has 100 valence electrons. The summed E-state index contributed by atoms with van der Waals surface area (Å²) in [5.74, 6) is 0. The van der Waals surface area contributed by atoms with E-state index in [1.165, 1.54) is 5.56 Å². The van der Waals surface area contributed by atoms with E-state index >= 15 is 0 Å². The van der Waals surface area contributed by atoms with Crippen LogP contribution in [0, 0.1) is 0 Å². The van der Waals surface area contributed by atoms with Gasteiger partial charge in [-0.1, -0.05) is 57.7 Å². The molecule has 1 aromatic rings. The zero-order valence-corrected chi connectivity index (χ0v) is 13.6. The van der Waals surface area contributed by atoms with E-state index in [-0.39, 0.29) is 11.1 Å². The van der Waals surface area contributed by atoms with Crippen molar-refractivity contribution in [3.63, 3.8) is 0 Å². The van der Waals surface area contributed by atoms with Crippen LogP contribution in [-0.2, 0) is 4.43 Å². The van der Waals surface area contributed by atoms with E-state index in [1.807, 2.05) is 6.08 Å². The monoisotopic (exact) mass is 262 g/mol. The van der Waals surface area contributed by atoms with Gasteiger partial charge in [0.25, 0.3) is 0 Å². The van der Waals surface area contributed by atoms with Crippen molar-refractivity contribution >= 4 is 14.4 Å². The van der Waals surface area contributed by atoms with Gasteiger partial charge in [0.15, 0.2) is 8.32 Å². The van der Waals surface area contributed by atoms with Crippen LogP contribution in [0.5, 0.6) is 0 Å². The number of hydrogen-bond acceptors (Lipinski definition) is 1. The Morgan fingerprint density at radius 3 is 2.06 bits per heavy atom. The van der Waals surface area contributed by atoms with Crippen molar-refractivity contribution in [2.24, 2.45) is 0 Å². The molecule has 0 N–H and O–H groups in total. The average molecular weight is 262 g/mol. The molecule has 1 nitrogen and oxygen atoms in total. The molecule has 0 bridgehead atoms. The van der Waals surface area contributed by atoms with Crippen LogP contribution in [0.3, 0.4) is 0 Å². The van der Waals surface area contributed by atoms with Crippen LogP contribution in [-0.4, -0.2) is 8.32 Å². The molecule has 0 saturated carbocycles. The molecule has 1 atom stereocenters. The Balaban J connectivity index is 2.81. The van der Waals surface area contributed by atoms with Crippen LogP contribution in [0.1, 0.15) is 44.9 Å². The second-order valence-electron chi connectivity index (χ2n) is 6.39. The van der Waals surface area contributed by atoms with Crippen LogP contribution in [0.15, 0.2) is 30.8 Å². The first-order chi connectivity index (χ1) is 8.17. The Labute approximate surface area is 113 Å². The maximum Gasteiger partial charge on any atom is 0.192 e. The molecular formula is C16H26OSi. The van der Waals surface area contributed by atoms with E-state index in [2.05, 4.69) is 71.6 Å². The van der Waals surface area contributed by atoms with Gasteiger partial charge in [0.1, 0.15) is 0 Å². The standard InChI is InChI=1S/C16H26OSi/c1-8-14-9-11-15(12-10-14)13(2)17-18(6,7)16(3,4)5/h8-13H,1H2,2-7H3. The van der Waals surface area contributed by atoms with E-state index in [9.17, 15) is 0 Å². The Morgan fingerprint density at radius 2 is 1.67 bits per heavy atom. The molecule has 0 aliphatic heterocycles. The highest BCUT2D eigenvalue weighted by molar-refractivity contribution is 6.74. The summed E-state index contributed by atoms with van der Waals surface area (Å²) in [6.07, 6.45) is 2.02. The lowest BCUT2D eigenvalue weighted by atomic mass is 10.1. The van der Waals surface area contributed by atoms with Crippen molar-refractivity contribution < 1.29 is 4.43 Å². The van der Waals surface area contributed by atoms with E-state index in [0.29, 0.717) is 0 Å². The minimum absolute atomic E-state index is 0.157. The lowest BCUT2D eigenvalue weighted by Gasteiger charge is -2.38. The number of rotatable bonds is 4. The van der Waals surface area contributed by atoms with Gasteiger partial charge < -0.3 is 4.43 Å². The van der Waals surface area contributed by atoms with Crippen molar-refractivity contribution in [3.05, 3.63) is 42.0 Å². The van der Waals surface area contributed by atoms with Gasteiger partial charge >= 0.3 is 0 Å². The van der Waals surface area contributed by atoms with Crippen molar-refractivity contribution in [3.8, 4) is 0 Å². The normalized spacial score (nSPS) is 14.3. The second-order valence-corrected chi connectivity index (χ2v) is 11.1. The molecule has 0 spiro atoms. The molecule has 18 heavy (non-hydrogen) atoms. The van der Waals surface area contributed by atoms with Crippen LogP contribution in [0.4, 0.5) is 0 Å². The third kappa shape index (κ3) is 3.56. The zero-order chi connectivity index (χ0) is 14.0. The SMILES string of the molecule is C=Cc1ccc(C(C)O[Si](C)(C)C(C)(C)C)cc1. The molecule has 0 radical (unpaired) electrons. The van der Waals surface area contributed by atoms with Gasteiger partial charge in [-0.15, -0.1) is 0 Å². The van der Waals surface area contributed by atoms with Crippen molar-refractivity contribution in [1.82, 2.24) is 0 Å². The minimum Gasteiger partial charge on any atom is -0.410 e. The first-order valence-electron chi connectivity index (χ1n) is 6.57. The summed E-state index contributed by atoms with van der Waals surface area (Å²) in [6.45, 7) is 17.3. The predicted molar refractivity (Wildman–Crippen MR) is 83.2 cm³/mol. The van der Waals surface area contributed by atoms with E-state index in [0.717, 1.165) is 5.56 Å². The molecule has 0 aliphatic rings. The van der Waals surface area contributed by atoms with Gasteiger partial charge in [0, 0.05) is 0 Å². The summed E-state index contributed by atoms with van der Waals surface area (Å²) in [7, 11) is -1.69. The summed E-state index contributed by atoms with van der Waals surface area (Å²) in [6, 6.07) is 8.45. The maximum absolute atomic E-state index is 6.37. The highest BCUT2D eigenvalue weighted by Crippen LogP contribution is 2.39. The largest absolute Gasteiger partial charge is 0.410 e. The quantitative estimate of drug-likeness (QED) is 0.659. The van der Waals surface area contributed by atoms with Gasteiger partial charge in [-0.05, 0) is 36.2 Å². The van der Waals surface area contributed by atoms with Gasteiger partial charge in [-0.3, -0.25) is 0 Å². The maximum atomic E-state index is 6.37. The zero-order valence-electron chi connectivity index (χ0n) is 12.6. The van der Waals surface area contributed by atoms with Gasteiger partial charge in [-0.2, -0.15) is 0 Å². The van der Waals surface area contributed by atoms with Gasteiger partial charge in [-0.25, -0.2) is 0 Å². The Morgan fingerprint density at radius 1 is 1.17 bits per heavy atom. The first kappa shape index (κ1) is 15.2. The highest BCUT2D eigenvalue weighted by Gasteiger charge is 2.38. The van der Waals surface area contributed by atoms with Crippen molar-refractivity contribution in [2.75, 3.05) is 0 Å². The first-order valence-corrected chi connectivity index (χ1v) is 9.48. The van der Waals surface area contributed by atoms with Crippen LogP contribution in [0.2, 0.25) is 18.1 Å². The molecular weight excluding hydrogens is 236 g/mol. The fourth-order valence-corrected chi connectivity index (χ4v) is 2.96. The molecule has 0 aliphatic carbocycles. The van der Waals surface area contributed by atoms with Crippen molar-refractivity contribution in [2.45, 2.75) is 51.9 Å².